The predicted molar refractivity (Wildman–Crippen MR) is 62.4 cm³/mol. The third kappa shape index (κ3) is 2.30. The Kier molecular flexibility index (Phi) is 3.05. The molecule has 0 saturated heterocycles. The van der Waals surface area contributed by atoms with Crippen molar-refractivity contribution in [1.29, 1.82) is 0 Å². The maximum atomic E-state index is 5.80. The molecule has 0 bridgehead atoms. The van der Waals surface area contributed by atoms with Crippen molar-refractivity contribution in [2.45, 2.75) is 6.54 Å². The van der Waals surface area contributed by atoms with Crippen molar-refractivity contribution in [1.82, 2.24) is 19.5 Å². The van der Waals surface area contributed by atoms with E-state index in [2.05, 4.69) is 15.0 Å². The van der Waals surface area contributed by atoms with E-state index in [0.717, 1.165) is 11.6 Å². The summed E-state index contributed by atoms with van der Waals surface area (Å²) in [4.78, 5) is 14.2. The summed E-state index contributed by atoms with van der Waals surface area (Å²) in [5.74, 6) is 1.75. The molecule has 0 unspecified atom stereocenters. The lowest BCUT2D eigenvalue weighted by Gasteiger charge is -2.17. The Bertz CT molecular complexity index is 482. The Hall–Kier alpha value is -1.62. The average molecular weight is 238 g/mol. The molecular formula is C10H12ClN5. The minimum Gasteiger partial charge on any atom is -0.352 e. The van der Waals surface area contributed by atoms with Crippen molar-refractivity contribution in [3.63, 3.8) is 0 Å². The third-order valence-electron chi connectivity index (χ3n) is 2.31. The number of hydrogen-bond donors (Lipinski definition) is 0. The summed E-state index contributed by atoms with van der Waals surface area (Å²) < 4.78 is 1.97. The van der Waals surface area contributed by atoms with E-state index in [-0.39, 0.29) is 0 Å². The highest BCUT2D eigenvalue weighted by Crippen LogP contribution is 2.14. The zero-order chi connectivity index (χ0) is 11.5. The molecule has 0 aromatic carbocycles. The van der Waals surface area contributed by atoms with Crippen LogP contribution in [-0.2, 0) is 13.6 Å². The first-order valence-electron chi connectivity index (χ1n) is 4.81. The second kappa shape index (κ2) is 4.49. The Morgan fingerprint density at radius 1 is 1.38 bits per heavy atom. The van der Waals surface area contributed by atoms with Gasteiger partial charge in [0.15, 0.2) is 0 Å². The summed E-state index contributed by atoms with van der Waals surface area (Å²) in [6.07, 6.45) is 5.14. The van der Waals surface area contributed by atoms with Crippen LogP contribution < -0.4 is 4.90 Å². The molecule has 16 heavy (non-hydrogen) atoms. The summed E-state index contributed by atoms with van der Waals surface area (Å²) in [5, 5.41) is 0.441. The van der Waals surface area contributed by atoms with E-state index in [9.17, 15) is 0 Å². The average Bonchev–Trinajstić information content (AvgIpc) is 2.64. The number of hydrogen-bond acceptors (Lipinski definition) is 4. The number of nitrogens with zero attached hydrogens (tertiary/aromatic N) is 5. The second-order valence-electron chi connectivity index (χ2n) is 3.51. The monoisotopic (exact) mass is 237 g/mol. The first-order chi connectivity index (χ1) is 7.66. The van der Waals surface area contributed by atoms with E-state index < -0.39 is 0 Å². The molecule has 0 spiro atoms. The van der Waals surface area contributed by atoms with Crippen LogP contribution >= 0.6 is 11.6 Å². The summed E-state index contributed by atoms with van der Waals surface area (Å²) in [6.45, 7) is 0.677. The fraction of sp³-hybridized carbons (Fsp3) is 0.300. The number of aromatic nitrogens is 4. The van der Waals surface area contributed by atoms with E-state index in [1.54, 1.807) is 12.3 Å². The molecule has 0 fully saturated rings. The largest absolute Gasteiger partial charge is 0.352 e. The molecule has 2 heterocycles. The Labute approximate surface area is 98.7 Å². The smallest absolute Gasteiger partial charge is 0.134 e. The Balaban J connectivity index is 2.14. The van der Waals surface area contributed by atoms with Crippen molar-refractivity contribution in [2.75, 3.05) is 11.9 Å². The zero-order valence-corrected chi connectivity index (χ0v) is 9.89. The fourth-order valence-corrected chi connectivity index (χ4v) is 1.52. The SMILES string of the molecule is CN(Cc1nccn1C)c1cc(Cl)ncn1. The van der Waals surface area contributed by atoms with Crippen LogP contribution in [0.5, 0.6) is 0 Å². The molecule has 2 aromatic rings. The summed E-state index contributed by atoms with van der Waals surface area (Å²) in [5.41, 5.74) is 0. The Morgan fingerprint density at radius 3 is 2.81 bits per heavy atom. The molecule has 5 nitrogen and oxygen atoms in total. The minimum absolute atomic E-state index is 0.441. The molecule has 0 aliphatic carbocycles. The van der Waals surface area contributed by atoms with Gasteiger partial charge in [0, 0.05) is 32.6 Å². The van der Waals surface area contributed by atoms with Crippen LogP contribution in [0.15, 0.2) is 24.8 Å². The number of rotatable bonds is 3. The van der Waals surface area contributed by atoms with E-state index in [1.165, 1.54) is 6.33 Å². The molecular weight excluding hydrogens is 226 g/mol. The number of anilines is 1. The number of halogens is 1. The second-order valence-corrected chi connectivity index (χ2v) is 3.90. The van der Waals surface area contributed by atoms with Crippen LogP contribution in [0.1, 0.15) is 5.82 Å². The first-order valence-corrected chi connectivity index (χ1v) is 5.19. The van der Waals surface area contributed by atoms with Gasteiger partial charge in [0.25, 0.3) is 0 Å². The summed E-state index contributed by atoms with van der Waals surface area (Å²) in [6, 6.07) is 1.73. The molecule has 2 rings (SSSR count). The molecule has 0 aliphatic rings. The van der Waals surface area contributed by atoms with Crippen molar-refractivity contribution < 1.29 is 0 Å². The van der Waals surface area contributed by atoms with E-state index >= 15 is 0 Å². The van der Waals surface area contributed by atoms with Gasteiger partial charge in [0.05, 0.1) is 6.54 Å². The fourth-order valence-electron chi connectivity index (χ4n) is 1.37. The molecule has 0 N–H and O–H groups in total. The molecule has 0 aliphatic heterocycles. The van der Waals surface area contributed by atoms with Gasteiger partial charge in [-0.15, -0.1) is 0 Å². The van der Waals surface area contributed by atoms with Gasteiger partial charge < -0.3 is 9.47 Å². The maximum absolute atomic E-state index is 5.80. The molecule has 2 aromatic heterocycles. The predicted octanol–water partition coefficient (Wildman–Crippen LogP) is 1.50. The normalized spacial score (nSPS) is 10.4. The highest BCUT2D eigenvalue weighted by Gasteiger charge is 2.07. The van der Waals surface area contributed by atoms with E-state index in [4.69, 9.17) is 11.6 Å². The van der Waals surface area contributed by atoms with Gasteiger partial charge in [-0.05, 0) is 0 Å². The lowest BCUT2D eigenvalue weighted by molar-refractivity contribution is 0.754. The van der Waals surface area contributed by atoms with Crippen LogP contribution in [0.4, 0.5) is 5.82 Å². The quantitative estimate of drug-likeness (QED) is 0.759. The van der Waals surface area contributed by atoms with Gasteiger partial charge in [0.1, 0.15) is 23.1 Å². The van der Waals surface area contributed by atoms with Crippen LogP contribution in [0.25, 0.3) is 0 Å². The zero-order valence-electron chi connectivity index (χ0n) is 9.13. The van der Waals surface area contributed by atoms with Crippen molar-refractivity contribution in [3.8, 4) is 0 Å². The lowest BCUT2D eigenvalue weighted by atomic mass is 10.4. The van der Waals surface area contributed by atoms with Crippen molar-refractivity contribution in [3.05, 3.63) is 35.8 Å². The summed E-state index contributed by atoms with van der Waals surface area (Å²) in [7, 11) is 3.90. The van der Waals surface area contributed by atoms with Crippen LogP contribution in [-0.4, -0.2) is 26.6 Å². The van der Waals surface area contributed by atoms with E-state index in [0.29, 0.717) is 11.7 Å². The Morgan fingerprint density at radius 2 is 2.19 bits per heavy atom. The third-order valence-corrected chi connectivity index (χ3v) is 2.52. The molecule has 0 saturated carbocycles. The van der Waals surface area contributed by atoms with Crippen molar-refractivity contribution >= 4 is 17.4 Å². The van der Waals surface area contributed by atoms with Gasteiger partial charge in [-0.1, -0.05) is 11.6 Å². The van der Waals surface area contributed by atoms with Crippen LogP contribution in [0.3, 0.4) is 0 Å². The molecule has 0 atom stereocenters. The van der Waals surface area contributed by atoms with Gasteiger partial charge in [-0.2, -0.15) is 0 Å². The molecule has 84 valence electrons. The standard InChI is InChI=1S/C10H12ClN5/c1-15-4-3-12-10(15)6-16(2)9-5-8(11)13-7-14-9/h3-5,7H,6H2,1-2H3. The topological polar surface area (TPSA) is 46.8 Å². The number of imidazole rings is 1. The first kappa shape index (κ1) is 10.9. The van der Waals surface area contributed by atoms with Gasteiger partial charge >= 0.3 is 0 Å². The number of aryl methyl sites for hydroxylation is 1. The highest BCUT2D eigenvalue weighted by molar-refractivity contribution is 6.29. The van der Waals surface area contributed by atoms with Crippen LogP contribution in [0.2, 0.25) is 5.15 Å². The highest BCUT2D eigenvalue weighted by atomic mass is 35.5. The van der Waals surface area contributed by atoms with Gasteiger partial charge in [-0.25, -0.2) is 15.0 Å². The van der Waals surface area contributed by atoms with Gasteiger partial charge in [-0.3, -0.25) is 0 Å². The molecule has 0 amide bonds. The molecule has 6 heteroatoms. The lowest BCUT2D eigenvalue weighted by Crippen LogP contribution is -2.20. The van der Waals surface area contributed by atoms with Crippen LogP contribution in [0, 0.1) is 0 Å². The van der Waals surface area contributed by atoms with Gasteiger partial charge in [0.2, 0.25) is 0 Å². The molecule has 0 radical (unpaired) electrons. The summed E-state index contributed by atoms with van der Waals surface area (Å²) >= 11 is 5.80. The van der Waals surface area contributed by atoms with E-state index in [1.807, 2.05) is 29.8 Å². The maximum Gasteiger partial charge on any atom is 0.134 e. The minimum atomic E-state index is 0.441. The van der Waals surface area contributed by atoms with Crippen molar-refractivity contribution in [2.24, 2.45) is 7.05 Å².